The van der Waals surface area contributed by atoms with Crippen molar-refractivity contribution in [1.29, 1.82) is 0 Å². The first-order chi connectivity index (χ1) is 11.6. The number of nitro benzene ring substituents is 1. The highest BCUT2D eigenvalue weighted by Gasteiger charge is 2.08. The molecule has 24 heavy (non-hydrogen) atoms. The van der Waals surface area contributed by atoms with Crippen molar-refractivity contribution in [3.8, 4) is 0 Å². The largest absolute Gasteiger partial charge is 0.272 e. The van der Waals surface area contributed by atoms with Crippen LogP contribution >= 0.6 is 11.8 Å². The number of non-ortho nitro benzene ring substituents is 1. The number of benzene rings is 1. The molecule has 0 unspecified atom stereocenters. The number of nitrogens with one attached hydrogen (secondary N) is 1. The lowest BCUT2D eigenvalue weighted by Gasteiger charge is -2.10. The highest BCUT2D eigenvalue weighted by atomic mass is 32.2. The van der Waals surface area contributed by atoms with Gasteiger partial charge in [-0.15, -0.1) is 11.8 Å². The normalized spacial score (nSPS) is 15.2. The van der Waals surface area contributed by atoms with Gasteiger partial charge in [0.15, 0.2) is 0 Å². The van der Waals surface area contributed by atoms with Crippen molar-refractivity contribution in [1.82, 2.24) is 5.43 Å². The van der Waals surface area contributed by atoms with Crippen LogP contribution in [0.2, 0.25) is 0 Å². The first-order valence-corrected chi connectivity index (χ1v) is 9.46. The maximum absolute atomic E-state index is 11.9. The van der Waals surface area contributed by atoms with Crippen LogP contribution in [0.25, 0.3) is 0 Å². The van der Waals surface area contributed by atoms with E-state index in [4.69, 9.17) is 0 Å². The standard InChI is InChI=1S/C17H23N3O3S/c21-17(19-18-15-8-4-2-1-3-5-9-15)13-24-12-14-7-6-10-16(11-14)20(22)23/h6-7,10-11H,1-5,8-9,12-13H2,(H,19,21). The van der Waals surface area contributed by atoms with E-state index in [1.54, 1.807) is 12.1 Å². The summed E-state index contributed by atoms with van der Waals surface area (Å²) < 4.78 is 0. The Bertz CT molecular complexity index is 594. The van der Waals surface area contributed by atoms with Crippen molar-refractivity contribution in [2.75, 3.05) is 5.75 Å². The zero-order valence-corrected chi connectivity index (χ0v) is 14.5. The third-order valence-electron chi connectivity index (χ3n) is 3.89. The predicted octanol–water partition coefficient (Wildman–Crippen LogP) is 4.04. The molecule has 0 aromatic heterocycles. The van der Waals surface area contributed by atoms with Crippen LogP contribution in [-0.2, 0) is 10.5 Å². The van der Waals surface area contributed by atoms with E-state index in [1.165, 1.54) is 37.1 Å². The van der Waals surface area contributed by atoms with Crippen molar-refractivity contribution >= 4 is 29.1 Å². The minimum atomic E-state index is -0.411. The molecule has 1 aromatic carbocycles. The summed E-state index contributed by atoms with van der Waals surface area (Å²) in [6, 6.07) is 6.49. The molecular formula is C17H23N3O3S. The number of rotatable bonds is 6. The van der Waals surface area contributed by atoms with Crippen molar-refractivity contribution < 1.29 is 9.72 Å². The molecule has 1 N–H and O–H groups in total. The molecule has 1 amide bonds. The van der Waals surface area contributed by atoms with Gasteiger partial charge in [0.2, 0.25) is 5.91 Å². The molecule has 1 aliphatic carbocycles. The van der Waals surface area contributed by atoms with E-state index in [0.29, 0.717) is 11.5 Å². The molecule has 0 spiro atoms. The Labute approximate surface area is 146 Å². The van der Waals surface area contributed by atoms with Gasteiger partial charge in [-0.3, -0.25) is 14.9 Å². The van der Waals surface area contributed by atoms with Crippen molar-refractivity contribution in [3.05, 3.63) is 39.9 Å². The molecule has 0 saturated heterocycles. The summed E-state index contributed by atoms with van der Waals surface area (Å²) in [6.45, 7) is 0. The molecule has 0 heterocycles. The molecule has 0 atom stereocenters. The van der Waals surface area contributed by atoms with Crippen LogP contribution in [0.4, 0.5) is 5.69 Å². The second kappa shape index (κ2) is 10.1. The summed E-state index contributed by atoms with van der Waals surface area (Å²) in [6.07, 6.45) is 8.03. The van der Waals surface area contributed by atoms with Gasteiger partial charge in [0, 0.05) is 23.6 Å². The topological polar surface area (TPSA) is 84.6 Å². The van der Waals surface area contributed by atoms with Crippen LogP contribution in [0.1, 0.15) is 50.5 Å². The van der Waals surface area contributed by atoms with E-state index in [1.807, 2.05) is 6.07 Å². The van der Waals surface area contributed by atoms with E-state index >= 15 is 0 Å². The predicted molar refractivity (Wildman–Crippen MR) is 97.2 cm³/mol. The number of nitro groups is 1. The maximum atomic E-state index is 11.9. The fraction of sp³-hybridized carbons (Fsp3) is 0.529. The highest BCUT2D eigenvalue weighted by molar-refractivity contribution is 7.99. The van der Waals surface area contributed by atoms with E-state index in [2.05, 4.69) is 10.5 Å². The minimum absolute atomic E-state index is 0.0771. The SMILES string of the molecule is O=C(CSCc1cccc([N+](=O)[O-])c1)NN=C1CCCCCCC1. The molecule has 2 rings (SSSR count). The Kier molecular flexibility index (Phi) is 7.74. The van der Waals surface area contributed by atoms with Gasteiger partial charge in [-0.1, -0.05) is 31.4 Å². The van der Waals surface area contributed by atoms with Gasteiger partial charge in [0.1, 0.15) is 0 Å². The van der Waals surface area contributed by atoms with Crippen LogP contribution in [0.3, 0.4) is 0 Å². The number of carbonyl (C=O) groups is 1. The maximum Gasteiger partial charge on any atom is 0.269 e. The summed E-state index contributed by atoms with van der Waals surface area (Å²) in [7, 11) is 0. The van der Waals surface area contributed by atoms with Crippen LogP contribution in [0.5, 0.6) is 0 Å². The number of hydrazone groups is 1. The molecule has 0 aliphatic heterocycles. The van der Waals surface area contributed by atoms with Gasteiger partial charge in [-0.05, 0) is 31.2 Å². The first-order valence-electron chi connectivity index (χ1n) is 8.30. The Hall–Kier alpha value is -1.89. The lowest BCUT2D eigenvalue weighted by molar-refractivity contribution is -0.384. The average molecular weight is 349 g/mol. The Balaban J connectivity index is 1.72. The zero-order chi connectivity index (χ0) is 17.2. The van der Waals surface area contributed by atoms with Crippen molar-refractivity contribution in [3.63, 3.8) is 0 Å². The van der Waals surface area contributed by atoms with Gasteiger partial charge >= 0.3 is 0 Å². The molecule has 1 aromatic rings. The van der Waals surface area contributed by atoms with E-state index in [0.717, 1.165) is 37.0 Å². The molecule has 1 saturated carbocycles. The summed E-state index contributed by atoms with van der Waals surface area (Å²) in [5, 5.41) is 15.0. The summed E-state index contributed by atoms with van der Waals surface area (Å²) in [5.41, 5.74) is 4.64. The molecule has 1 fully saturated rings. The molecular weight excluding hydrogens is 326 g/mol. The molecule has 0 radical (unpaired) electrons. The first kappa shape index (κ1) is 18.4. The van der Waals surface area contributed by atoms with Crippen LogP contribution < -0.4 is 5.43 Å². The lowest BCUT2D eigenvalue weighted by Crippen LogP contribution is -2.22. The number of nitrogens with zero attached hydrogens (tertiary/aromatic N) is 2. The number of hydrogen-bond acceptors (Lipinski definition) is 5. The quantitative estimate of drug-likeness (QED) is 0.620. The Morgan fingerprint density at radius 1 is 1.21 bits per heavy atom. The third kappa shape index (κ3) is 6.70. The minimum Gasteiger partial charge on any atom is -0.272 e. The van der Waals surface area contributed by atoms with Crippen LogP contribution in [0.15, 0.2) is 29.4 Å². The average Bonchev–Trinajstić information content (AvgIpc) is 2.54. The lowest BCUT2D eigenvalue weighted by atomic mass is 9.99. The van der Waals surface area contributed by atoms with E-state index < -0.39 is 4.92 Å². The smallest absolute Gasteiger partial charge is 0.269 e. The van der Waals surface area contributed by atoms with Crippen LogP contribution in [-0.4, -0.2) is 22.3 Å². The van der Waals surface area contributed by atoms with E-state index in [-0.39, 0.29) is 11.6 Å². The van der Waals surface area contributed by atoms with Gasteiger partial charge in [0.25, 0.3) is 5.69 Å². The Morgan fingerprint density at radius 2 is 1.92 bits per heavy atom. The number of thioether (sulfide) groups is 1. The third-order valence-corrected chi connectivity index (χ3v) is 4.90. The number of amides is 1. The van der Waals surface area contributed by atoms with Crippen molar-refractivity contribution in [2.45, 2.75) is 50.7 Å². The molecule has 130 valence electrons. The fourth-order valence-electron chi connectivity index (χ4n) is 2.62. The Morgan fingerprint density at radius 3 is 2.62 bits per heavy atom. The van der Waals surface area contributed by atoms with Gasteiger partial charge in [-0.25, -0.2) is 5.43 Å². The van der Waals surface area contributed by atoms with Gasteiger partial charge in [-0.2, -0.15) is 5.10 Å². The molecule has 6 nitrogen and oxygen atoms in total. The highest BCUT2D eigenvalue weighted by Crippen LogP contribution is 2.18. The zero-order valence-electron chi connectivity index (χ0n) is 13.7. The molecule has 7 heteroatoms. The monoisotopic (exact) mass is 349 g/mol. The summed E-state index contributed by atoms with van der Waals surface area (Å²) >= 11 is 1.43. The molecule has 1 aliphatic rings. The van der Waals surface area contributed by atoms with Crippen LogP contribution in [0, 0.1) is 10.1 Å². The summed E-state index contributed by atoms with van der Waals surface area (Å²) in [5.74, 6) is 0.727. The number of hydrogen-bond donors (Lipinski definition) is 1. The van der Waals surface area contributed by atoms with Gasteiger partial charge in [0.05, 0.1) is 10.7 Å². The van der Waals surface area contributed by atoms with E-state index in [9.17, 15) is 14.9 Å². The second-order valence-corrected chi connectivity index (χ2v) is 6.89. The number of carbonyl (C=O) groups excluding carboxylic acids is 1. The summed E-state index contributed by atoms with van der Waals surface area (Å²) in [4.78, 5) is 22.2. The van der Waals surface area contributed by atoms with Gasteiger partial charge < -0.3 is 0 Å². The van der Waals surface area contributed by atoms with Crippen molar-refractivity contribution in [2.24, 2.45) is 5.10 Å². The second-order valence-electron chi connectivity index (χ2n) is 5.90. The molecule has 0 bridgehead atoms. The fourth-order valence-corrected chi connectivity index (χ4v) is 3.39.